The summed E-state index contributed by atoms with van der Waals surface area (Å²) >= 11 is 7.31. The van der Waals surface area contributed by atoms with Gasteiger partial charge in [-0.25, -0.2) is 9.97 Å². The molecule has 0 aliphatic rings. The molecule has 1 rings (SSSR count). The number of nitrogens with two attached hydrogens (primary N) is 1. The Kier molecular flexibility index (Phi) is 3.39. The van der Waals surface area contributed by atoms with E-state index in [2.05, 4.69) is 23.8 Å². The van der Waals surface area contributed by atoms with E-state index in [0.29, 0.717) is 10.9 Å². The number of anilines is 1. The van der Waals surface area contributed by atoms with Crippen molar-refractivity contribution in [3.05, 3.63) is 11.0 Å². The molecular formula is C8H12ClN3S. The van der Waals surface area contributed by atoms with Crippen molar-refractivity contribution in [2.45, 2.75) is 31.0 Å². The zero-order valence-electron chi connectivity index (χ0n) is 7.84. The Morgan fingerprint density at radius 3 is 2.54 bits per heavy atom. The summed E-state index contributed by atoms with van der Waals surface area (Å²) in [6.07, 6.45) is 0. The van der Waals surface area contributed by atoms with Crippen LogP contribution in [0.25, 0.3) is 0 Å². The highest BCUT2D eigenvalue weighted by Gasteiger charge is 2.09. The molecule has 0 spiro atoms. The first-order valence-electron chi connectivity index (χ1n) is 3.97. The first-order chi connectivity index (χ1) is 6.00. The lowest BCUT2D eigenvalue weighted by Crippen LogP contribution is -2.01. The van der Waals surface area contributed by atoms with Crippen molar-refractivity contribution in [3.63, 3.8) is 0 Å². The van der Waals surface area contributed by atoms with Crippen molar-refractivity contribution >= 4 is 29.1 Å². The maximum absolute atomic E-state index is 5.80. The van der Waals surface area contributed by atoms with Crippen LogP contribution in [-0.4, -0.2) is 15.2 Å². The zero-order chi connectivity index (χ0) is 10.0. The van der Waals surface area contributed by atoms with Gasteiger partial charge in [0.05, 0.1) is 11.4 Å². The average Bonchev–Trinajstić information content (AvgIpc) is 1.98. The highest BCUT2D eigenvalue weighted by atomic mass is 35.5. The smallest absolute Gasteiger partial charge is 0.223 e. The molecule has 0 bridgehead atoms. The summed E-state index contributed by atoms with van der Waals surface area (Å²) in [6, 6.07) is 0. The molecule has 2 N–H and O–H groups in total. The molecule has 3 nitrogen and oxygen atoms in total. The van der Waals surface area contributed by atoms with E-state index < -0.39 is 0 Å². The maximum atomic E-state index is 5.80. The minimum absolute atomic E-state index is 0.259. The Labute approximate surface area is 87.1 Å². The van der Waals surface area contributed by atoms with Gasteiger partial charge in [0, 0.05) is 5.25 Å². The third-order valence-electron chi connectivity index (χ3n) is 1.42. The Balaban J connectivity index is 3.05. The molecule has 0 saturated heterocycles. The molecule has 0 aliphatic heterocycles. The molecule has 0 aliphatic carbocycles. The van der Waals surface area contributed by atoms with E-state index in [1.165, 1.54) is 0 Å². The lowest BCUT2D eigenvalue weighted by molar-refractivity contribution is 1.00. The van der Waals surface area contributed by atoms with Crippen LogP contribution >= 0.6 is 23.4 Å². The fourth-order valence-corrected chi connectivity index (χ4v) is 1.96. The molecule has 5 heteroatoms. The number of halogens is 1. The van der Waals surface area contributed by atoms with Crippen LogP contribution in [0.15, 0.2) is 5.03 Å². The number of aromatic nitrogens is 2. The van der Waals surface area contributed by atoms with Gasteiger partial charge in [0.2, 0.25) is 5.28 Å². The summed E-state index contributed by atoms with van der Waals surface area (Å²) in [7, 11) is 0. The van der Waals surface area contributed by atoms with Gasteiger partial charge in [-0.3, -0.25) is 0 Å². The predicted octanol–water partition coefficient (Wildman–Crippen LogP) is 2.52. The molecule has 1 aromatic heterocycles. The fraction of sp³-hybridized carbons (Fsp3) is 0.500. The van der Waals surface area contributed by atoms with Gasteiger partial charge in [-0.05, 0) is 18.5 Å². The van der Waals surface area contributed by atoms with Crippen LogP contribution in [0.2, 0.25) is 5.28 Å². The highest BCUT2D eigenvalue weighted by Crippen LogP contribution is 2.28. The van der Waals surface area contributed by atoms with E-state index in [1.54, 1.807) is 11.8 Å². The molecule has 0 radical (unpaired) electrons. The number of hydrogen-bond acceptors (Lipinski definition) is 4. The van der Waals surface area contributed by atoms with Gasteiger partial charge < -0.3 is 5.73 Å². The van der Waals surface area contributed by atoms with E-state index >= 15 is 0 Å². The number of aryl methyl sites for hydroxylation is 1. The van der Waals surface area contributed by atoms with E-state index in [1.807, 2.05) is 6.92 Å². The molecular weight excluding hydrogens is 206 g/mol. The molecule has 1 aromatic rings. The fourth-order valence-electron chi connectivity index (χ4n) is 0.835. The topological polar surface area (TPSA) is 51.8 Å². The standard InChI is InChI=1S/C8H12ClN3S/c1-4(2)13-7-6(10)5(3)11-8(9)12-7/h4H,10H2,1-3H3. The highest BCUT2D eigenvalue weighted by molar-refractivity contribution is 7.99. The molecule has 72 valence electrons. The Morgan fingerprint density at radius 2 is 2.00 bits per heavy atom. The maximum Gasteiger partial charge on any atom is 0.223 e. The number of nitrogen functional groups attached to an aromatic ring is 1. The number of rotatable bonds is 2. The predicted molar refractivity (Wildman–Crippen MR) is 57.2 cm³/mol. The number of thioether (sulfide) groups is 1. The third-order valence-corrected chi connectivity index (χ3v) is 2.60. The van der Waals surface area contributed by atoms with E-state index in [4.69, 9.17) is 17.3 Å². The Morgan fingerprint density at radius 1 is 1.38 bits per heavy atom. The van der Waals surface area contributed by atoms with Gasteiger partial charge in [-0.2, -0.15) is 0 Å². The van der Waals surface area contributed by atoms with Crippen molar-refractivity contribution in [2.24, 2.45) is 0 Å². The molecule has 0 amide bonds. The first-order valence-corrected chi connectivity index (χ1v) is 5.22. The van der Waals surface area contributed by atoms with Gasteiger partial charge >= 0.3 is 0 Å². The number of hydrogen-bond donors (Lipinski definition) is 1. The minimum atomic E-state index is 0.259. The van der Waals surface area contributed by atoms with Crippen molar-refractivity contribution in [1.82, 2.24) is 9.97 Å². The quantitative estimate of drug-likeness (QED) is 0.470. The van der Waals surface area contributed by atoms with Gasteiger partial charge in [0.1, 0.15) is 5.03 Å². The lowest BCUT2D eigenvalue weighted by Gasteiger charge is -2.08. The molecule has 0 fully saturated rings. The summed E-state index contributed by atoms with van der Waals surface area (Å²) in [6.45, 7) is 5.98. The van der Waals surface area contributed by atoms with Crippen LogP contribution in [0.3, 0.4) is 0 Å². The van der Waals surface area contributed by atoms with Crippen LogP contribution in [0, 0.1) is 6.92 Å². The second-order valence-corrected chi connectivity index (χ2v) is 4.87. The van der Waals surface area contributed by atoms with Crippen molar-refractivity contribution < 1.29 is 0 Å². The van der Waals surface area contributed by atoms with E-state index in [9.17, 15) is 0 Å². The van der Waals surface area contributed by atoms with Crippen LogP contribution < -0.4 is 5.73 Å². The summed E-state index contributed by atoms with van der Waals surface area (Å²) < 4.78 is 0. The molecule has 0 saturated carbocycles. The average molecular weight is 218 g/mol. The number of nitrogens with zero attached hydrogens (tertiary/aromatic N) is 2. The van der Waals surface area contributed by atoms with Crippen LogP contribution in [-0.2, 0) is 0 Å². The summed E-state index contributed by atoms with van der Waals surface area (Å²) in [5.74, 6) is 0. The SMILES string of the molecule is Cc1nc(Cl)nc(SC(C)C)c1N. The van der Waals surface area contributed by atoms with E-state index in [0.717, 1.165) is 10.7 Å². The van der Waals surface area contributed by atoms with Crippen LogP contribution in [0.5, 0.6) is 0 Å². The van der Waals surface area contributed by atoms with Gasteiger partial charge in [-0.1, -0.05) is 13.8 Å². The summed E-state index contributed by atoms with van der Waals surface area (Å²) in [5, 5.41) is 1.47. The molecule has 1 heterocycles. The Bertz CT molecular complexity index is 315. The second kappa shape index (κ2) is 4.15. The van der Waals surface area contributed by atoms with Crippen LogP contribution in [0.4, 0.5) is 5.69 Å². The van der Waals surface area contributed by atoms with Crippen molar-refractivity contribution in [2.75, 3.05) is 5.73 Å². The van der Waals surface area contributed by atoms with Gasteiger partial charge in [-0.15, -0.1) is 11.8 Å². The van der Waals surface area contributed by atoms with Crippen molar-refractivity contribution in [3.8, 4) is 0 Å². The monoisotopic (exact) mass is 217 g/mol. The van der Waals surface area contributed by atoms with Crippen molar-refractivity contribution in [1.29, 1.82) is 0 Å². The van der Waals surface area contributed by atoms with Crippen LogP contribution in [0.1, 0.15) is 19.5 Å². The molecule has 0 atom stereocenters. The zero-order valence-corrected chi connectivity index (χ0v) is 9.41. The molecule has 0 unspecified atom stereocenters. The largest absolute Gasteiger partial charge is 0.395 e. The minimum Gasteiger partial charge on any atom is -0.395 e. The summed E-state index contributed by atoms with van der Waals surface area (Å²) in [4.78, 5) is 8.02. The Hall–Kier alpha value is -0.480. The lowest BCUT2D eigenvalue weighted by atomic mass is 10.4. The van der Waals surface area contributed by atoms with E-state index in [-0.39, 0.29) is 5.28 Å². The second-order valence-electron chi connectivity index (χ2n) is 2.96. The third kappa shape index (κ3) is 2.74. The summed E-state index contributed by atoms with van der Waals surface area (Å²) in [5.41, 5.74) is 7.16. The normalized spacial score (nSPS) is 10.8. The van der Waals surface area contributed by atoms with Gasteiger partial charge in [0.25, 0.3) is 0 Å². The van der Waals surface area contributed by atoms with Gasteiger partial charge in [0.15, 0.2) is 0 Å². The first kappa shape index (κ1) is 10.6. The molecule has 13 heavy (non-hydrogen) atoms. The molecule has 0 aromatic carbocycles.